The van der Waals surface area contributed by atoms with Crippen molar-refractivity contribution in [3.8, 4) is 5.75 Å². The number of carbonyl (C=O) groups excluding carboxylic acids is 1. The minimum atomic E-state index is -0.671. The van der Waals surface area contributed by atoms with Crippen molar-refractivity contribution in [2.75, 3.05) is 13.7 Å². The Kier molecular flexibility index (Phi) is 5.18. The fraction of sp³-hybridized carbons (Fsp3) is 0.316. The minimum absolute atomic E-state index is 0.0717. The van der Waals surface area contributed by atoms with Crippen LogP contribution >= 0.6 is 0 Å². The van der Waals surface area contributed by atoms with Crippen molar-refractivity contribution < 1.29 is 14.5 Å². The van der Waals surface area contributed by atoms with E-state index < -0.39 is 10.8 Å². The topological polar surface area (TPSA) is 98.7 Å². The SMILES string of the molecule is COc1cccc([C@H]2CCCN2Cc2ccc(C(N)=O)cc2[N+](=O)[O-])c1. The van der Waals surface area contributed by atoms with Crippen molar-refractivity contribution >= 4 is 11.6 Å². The number of nitrogens with zero attached hydrogens (tertiary/aromatic N) is 2. The summed E-state index contributed by atoms with van der Waals surface area (Å²) in [6.07, 6.45) is 2.01. The molecule has 0 saturated carbocycles. The lowest BCUT2D eigenvalue weighted by Crippen LogP contribution is -2.23. The number of benzene rings is 2. The van der Waals surface area contributed by atoms with E-state index in [-0.39, 0.29) is 17.3 Å². The molecule has 1 fully saturated rings. The van der Waals surface area contributed by atoms with Gasteiger partial charge in [-0.1, -0.05) is 18.2 Å². The molecule has 7 nitrogen and oxygen atoms in total. The normalized spacial score (nSPS) is 17.2. The van der Waals surface area contributed by atoms with Crippen LogP contribution in [0.25, 0.3) is 0 Å². The van der Waals surface area contributed by atoms with Gasteiger partial charge in [-0.15, -0.1) is 0 Å². The van der Waals surface area contributed by atoms with Crippen LogP contribution in [0.3, 0.4) is 0 Å². The number of amides is 1. The Morgan fingerprint density at radius 3 is 2.85 bits per heavy atom. The van der Waals surface area contributed by atoms with E-state index in [0.29, 0.717) is 12.1 Å². The molecule has 0 unspecified atom stereocenters. The molecule has 0 spiro atoms. The van der Waals surface area contributed by atoms with Gasteiger partial charge in [0, 0.05) is 29.8 Å². The summed E-state index contributed by atoms with van der Waals surface area (Å²) < 4.78 is 5.30. The highest BCUT2D eigenvalue weighted by Crippen LogP contribution is 2.35. The number of carbonyl (C=O) groups is 1. The Morgan fingerprint density at radius 2 is 2.15 bits per heavy atom. The highest BCUT2D eigenvalue weighted by molar-refractivity contribution is 5.93. The predicted molar refractivity (Wildman–Crippen MR) is 97.0 cm³/mol. The number of nitro benzene ring substituents is 1. The van der Waals surface area contributed by atoms with Crippen LogP contribution in [-0.2, 0) is 6.54 Å². The first kappa shape index (κ1) is 17.9. The van der Waals surface area contributed by atoms with Gasteiger partial charge in [0.2, 0.25) is 5.91 Å². The van der Waals surface area contributed by atoms with E-state index in [2.05, 4.69) is 11.0 Å². The van der Waals surface area contributed by atoms with Crippen LogP contribution in [0.5, 0.6) is 5.75 Å². The summed E-state index contributed by atoms with van der Waals surface area (Å²) in [7, 11) is 1.63. The molecule has 1 saturated heterocycles. The monoisotopic (exact) mass is 355 g/mol. The van der Waals surface area contributed by atoms with Gasteiger partial charge in [0.05, 0.1) is 12.0 Å². The lowest BCUT2D eigenvalue weighted by molar-refractivity contribution is -0.385. The Bertz CT molecular complexity index is 837. The van der Waals surface area contributed by atoms with Crippen LogP contribution in [-0.4, -0.2) is 29.4 Å². The van der Waals surface area contributed by atoms with Gasteiger partial charge in [-0.05, 0) is 43.1 Å². The van der Waals surface area contributed by atoms with Crippen LogP contribution in [0.15, 0.2) is 42.5 Å². The number of primary amides is 1. The second kappa shape index (κ2) is 7.53. The molecule has 2 N–H and O–H groups in total. The zero-order chi connectivity index (χ0) is 18.7. The summed E-state index contributed by atoms with van der Waals surface area (Å²) in [5.74, 6) is 0.126. The maximum atomic E-state index is 11.4. The quantitative estimate of drug-likeness (QED) is 0.634. The Balaban J connectivity index is 1.87. The van der Waals surface area contributed by atoms with Gasteiger partial charge in [-0.25, -0.2) is 0 Å². The number of nitro groups is 1. The maximum Gasteiger partial charge on any atom is 0.274 e. The first-order valence-electron chi connectivity index (χ1n) is 8.44. The van der Waals surface area contributed by atoms with E-state index in [4.69, 9.17) is 10.5 Å². The first-order chi connectivity index (χ1) is 12.5. The fourth-order valence-electron chi connectivity index (χ4n) is 3.48. The van der Waals surface area contributed by atoms with Crippen molar-refractivity contribution in [1.82, 2.24) is 4.90 Å². The number of methoxy groups -OCH3 is 1. The van der Waals surface area contributed by atoms with Crippen LogP contribution in [0.1, 0.15) is 40.4 Å². The Labute approximate surface area is 151 Å². The summed E-state index contributed by atoms with van der Waals surface area (Å²) in [5.41, 5.74) is 7.03. The van der Waals surface area contributed by atoms with Crippen molar-refractivity contribution in [3.63, 3.8) is 0 Å². The average molecular weight is 355 g/mol. The largest absolute Gasteiger partial charge is 0.497 e. The number of ether oxygens (including phenoxy) is 1. The van der Waals surface area contributed by atoms with Crippen molar-refractivity contribution in [3.05, 3.63) is 69.3 Å². The van der Waals surface area contributed by atoms with Crippen LogP contribution < -0.4 is 10.5 Å². The minimum Gasteiger partial charge on any atom is -0.497 e. The fourth-order valence-corrected chi connectivity index (χ4v) is 3.48. The molecule has 1 heterocycles. The molecule has 1 atom stereocenters. The van der Waals surface area contributed by atoms with Crippen molar-refractivity contribution in [1.29, 1.82) is 0 Å². The van der Waals surface area contributed by atoms with Crippen LogP contribution in [0.4, 0.5) is 5.69 Å². The molecule has 1 aliphatic rings. The van der Waals surface area contributed by atoms with E-state index in [1.807, 2.05) is 18.2 Å². The summed E-state index contributed by atoms with van der Waals surface area (Å²) in [4.78, 5) is 24.5. The first-order valence-corrected chi connectivity index (χ1v) is 8.44. The smallest absolute Gasteiger partial charge is 0.274 e. The number of hydrogen-bond donors (Lipinski definition) is 1. The van der Waals surface area contributed by atoms with Crippen LogP contribution in [0.2, 0.25) is 0 Å². The van der Waals surface area contributed by atoms with E-state index in [0.717, 1.165) is 30.7 Å². The Morgan fingerprint density at radius 1 is 1.35 bits per heavy atom. The van der Waals surface area contributed by atoms with Crippen molar-refractivity contribution in [2.45, 2.75) is 25.4 Å². The zero-order valence-electron chi connectivity index (χ0n) is 14.6. The number of rotatable bonds is 6. The molecule has 2 aromatic carbocycles. The zero-order valence-corrected chi connectivity index (χ0v) is 14.6. The summed E-state index contributed by atoms with van der Waals surface area (Å²) in [5, 5.41) is 11.4. The van der Waals surface area contributed by atoms with Gasteiger partial charge < -0.3 is 10.5 Å². The molecule has 0 bridgehead atoms. The third-order valence-corrected chi connectivity index (χ3v) is 4.78. The molecule has 0 aliphatic carbocycles. The van der Waals surface area contributed by atoms with Gasteiger partial charge in [0.25, 0.3) is 5.69 Å². The van der Waals surface area contributed by atoms with Gasteiger partial charge >= 0.3 is 0 Å². The third-order valence-electron chi connectivity index (χ3n) is 4.78. The average Bonchev–Trinajstić information content (AvgIpc) is 3.10. The summed E-state index contributed by atoms with van der Waals surface area (Å²) in [6.45, 7) is 1.30. The van der Waals surface area contributed by atoms with Gasteiger partial charge in [-0.2, -0.15) is 0 Å². The van der Waals surface area contributed by atoms with E-state index >= 15 is 0 Å². The second-order valence-electron chi connectivity index (χ2n) is 6.37. The molecule has 7 heteroatoms. The molecular formula is C19H21N3O4. The second-order valence-corrected chi connectivity index (χ2v) is 6.37. The molecule has 3 rings (SSSR count). The van der Waals surface area contributed by atoms with E-state index in [1.54, 1.807) is 19.2 Å². The molecule has 1 amide bonds. The third kappa shape index (κ3) is 3.67. The number of nitrogens with two attached hydrogens (primary N) is 1. The molecule has 0 aromatic heterocycles. The number of hydrogen-bond acceptors (Lipinski definition) is 5. The number of likely N-dealkylation sites (tertiary alicyclic amines) is 1. The molecule has 26 heavy (non-hydrogen) atoms. The predicted octanol–water partition coefficient (Wildman–Crippen LogP) is 3.04. The summed E-state index contributed by atoms with van der Waals surface area (Å²) >= 11 is 0. The Hall–Kier alpha value is -2.93. The lowest BCUT2D eigenvalue weighted by atomic mass is 10.0. The standard InChI is InChI=1S/C19H21N3O4/c1-26-16-5-2-4-13(10-16)17-6-3-9-21(17)12-15-8-7-14(19(20)23)11-18(15)22(24)25/h2,4-5,7-8,10-11,17H,3,6,9,12H2,1H3,(H2,20,23)/t17-/m1/s1. The van der Waals surface area contributed by atoms with Gasteiger partial charge in [0.1, 0.15) is 5.75 Å². The highest BCUT2D eigenvalue weighted by Gasteiger charge is 2.28. The molecule has 1 aliphatic heterocycles. The van der Waals surface area contributed by atoms with Gasteiger partial charge in [0.15, 0.2) is 0 Å². The maximum absolute atomic E-state index is 11.4. The highest BCUT2D eigenvalue weighted by atomic mass is 16.6. The van der Waals surface area contributed by atoms with E-state index in [9.17, 15) is 14.9 Å². The molecular weight excluding hydrogens is 334 g/mol. The van der Waals surface area contributed by atoms with Crippen molar-refractivity contribution in [2.24, 2.45) is 5.73 Å². The van der Waals surface area contributed by atoms with Crippen LogP contribution in [0, 0.1) is 10.1 Å². The molecule has 0 radical (unpaired) electrons. The molecule has 2 aromatic rings. The van der Waals surface area contributed by atoms with E-state index in [1.165, 1.54) is 6.07 Å². The summed E-state index contributed by atoms with van der Waals surface area (Å²) in [6, 6.07) is 12.5. The molecule has 136 valence electrons. The lowest BCUT2D eigenvalue weighted by Gasteiger charge is -2.25. The van der Waals surface area contributed by atoms with Gasteiger partial charge in [-0.3, -0.25) is 19.8 Å².